The van der Waals surface area contributed by atoms with Gasteiger partial charge in [-0.05, 0) is 0 Å². The first-order chi connectivity index (χ1) is 7.67. The number of hydrogen-bond acceptors (Lipinski definition) is 5. The van der Waals surface area contributed by atoms with Crippen molar-refractivity contribution in [2.75, 3.05) is 35.7 Å². The van der Waals surface area contributed by atoms with Crippen molar-refractivity contribution in [1.82, 2.24) is 9.97 Å². The smallest absolute Gasteiger partial charge is 0.224 e. The Balaban J connectivity index is 2.55. The quantitative estimate of drug-likeness (QED) is 0.778. The number of halogens is 1. The Bertz CT molecular complexity index is 375. The molecule has 1 rings (SSSR count). The fraction of sp³-hybridized carbons (Fsp3) is 0.556. The van der Waals surface area contributed by atoms with Crippen LogP contribution in [0.4, 0.5) is 16.2 Å². The van der Waals surface area contributed by atoms with Gasteiger partial charge < -0.3 is 10.6 Å². The average Bonchev–Trinajstić information content (AvgIpc) is 2.31. The van der Waals surface area contributed by atoms with Gasteiger partial charge in [0.1, 0.15) is 0 Å². The Kier molecular flexibility index (Phi) is 5.10. The van der Waals surface area contributed by atoms with Crippen LogP contribution in [0.15, 0.2) is 6.20 Å². The van der Waals surface area contributed by atoms with Crippen molar-refractivity contribution in [2.24, 2.45) is 0 Å². The first kappa shape index (κ1) is 12.8. The van der Waals surface area contributed by atoms with Gasteiger partial charge in [-0.1, -0.05) is 6.92 Å². The molecule has 0 saturated heterocycles. The summed E-state index contributed by atoms with van der Waals surface area (Å²) in [7, 11) is 0.798. The van der Waals surface area contributed by atoms with Gasteiger partial charge in [0.15, 0.2) is 11.6 Å². The van der Waals surface area contributed by atoms with Crippen LogP contribution in [0, 0.1) is 5.82 Å². The lowest BCUT2D eigenvalue weighted by molar-refractivity contribution is 0.618. The fourth-order valence-electron chi connectivity index (χ4n) is 1.04. The van der Waals surface area contributed by atoms with E-state index in [2.05, 4.69) is 20.6 Å². The van der Waals surface area contributed by atoms with Crippen LogP contribution in [0.3, 0.4) is 0 Å². The molecular weight excluding hydrogens is 231 g/mol. The molecule has 0 saturated carbocycles. The maximum Gasteiger partial charge on any atom is 0.224 e. The lowest BCUT2D eigenvalue weighted by Gasteiger charge is -2.07. The second kappa shape index (κ2) is 6.37. The van der Waals surface area contributed by atoms with Crippen LogP contribution in [-0.2, 0) is 10.8 Å². The van der Waals surface area contributed by atoms with Crippen LogP contribution < -0.4 is 10.6 Å². The van der Waals surface area contributed by atoms with E-state index in [0.29, 0.717) is 24.0 Å². The molecule has 0 aliphatic carbocycles. The van der Waals surface area contributed by atoms with Crippen LogP contribution in [-0.4, -0.2) is 39.3 Å². The van der Waals surface area contributed by atoms with Gasteiger partial charge in [0.25, 0.3) is 0 Å². The first-order valence-corrected chi connectivity index (χ1v) is 6.45. The minimum absolute atomic E-state index is 0.132. The number of nitrogens with zero attached hydrogens (tertiary/aromatic N) is 2. The normalized spacial score (nSPS) is 12.2. The summed E-state index contributed by atoms with van der Waals surface area (Å²) >= 11 is 0. The molecule has 0 aromatic carbocycles. The van der Waals surface area contributed by atoms with Crippen molar-refractivity contribution in [3.05, 3.63) is 12.0 Å². The third kappa shape index (κ3) is 3.73. The SMILES string of the molecule is CCS(=O)CCNc1nc(NC)ncc1F. The van der Waals surface area contributed by atoms with E-state index >= 15 is 0 Å². The van der Waals surface area contributed by atoms with Gasteiger partial charge in [0, 0.05) is 35.9 Å². The highest BCUT2D eigenvalue weighted by Gasteiger charge is 2.05. The van der Waals surface area contributed by atoms with E-state index in [1.807, 2.05) is 6.92 Å². The van der Waals surface area contributed by atoms with E-state index in [-0.39, 0.29) is 5.82 Å². The van der Waals surface area contributed by atoms with E-state index in [4.69, 9.17) is 0 Å². The molecule has 1 heterocycles. The minimum Gasteiger partial charge on any atom is -0.367 e. The standard InChI is InChI=1S/C9H15FN4OS/c1-3-16(15)5-4-12-8-7(10)6-13-9(11-2)14-8/h6H,3-5H2,1-2H3,(H2,11,12,13,14). The summed E-state index contributed by atoms with van der Waals surface area (Å²) in [6.07, 6.45) is 1.10. The molecule has 0 fully saturated rings. The van der Waals surface area contributed by atoms with Gasteiger partial charge in [0.05, 0.1) is 6.20 Å². The van der Waals surface area contributed by atoms with Crippen LogP contribution in [0.2, 0.25) is 0 Å². The van der Waals surface area contributed by atoms with E-state index < -0.39 is 16.6 Å². The molecule has 0 aliphatic rings. The molecule has 1 unspecified atom stereocenters. The van der Waals surface area contributed by atoms with Gasteiger partial charge in [-0.3, -0.25) is 4.21 Å². The van der Waals surface area contributed by atoms with Gasteiger partial charge >= 0.3 is 0 Å². The summed E-state index contributed by atoms with van der Waals surface area (Å²) in [6, 6.07) is 0. The Morgan fingerprint density at radius 2 is 2.31 bits per heavy atom. The van der Waals surface area contributed by atoms with Crippen LogP contribution in [0.5, 0.6) is 0 Å². The van der Waals surface area contributed by atoms with Crippen molar-refractivity contribution in [2.45, 2.75) is 6.92 Å². The molecule has 1 aromatic rings. The summed E-state index contributed by atoms with van der Waals surface area (Å²) < 4.78 is 24.4. The molecule has 90 valence electrons. The maximum atomic E-state index is 13.2. The molecule has 2 N–H and O–H groups in total. The molecular formula is C9H15FN4OS. The first-order valence-electron chi connectivity index (χ1n) is 4.96. The van der Waals surface area contributed by atoms with E-state index in [1.54, 1.807) is 7.05 Å². The van der Waals surface area contributed by atoms with Crippen molar-refractivity contribution in [1.29, 1.82) is 0 Å². The maximum absolute atomic E-state index is 13.2. The van der Waals surface area contributed by atoms with E-state index in [9.17, 15) is 8.60 Å². The van der Waals surface area contributed by atoms with Gasteiger partial charge in [-0.25, -0.2) is 9.37 Å². The van der Waals surface area contributed by atoms with Crippen molar-refractivity contribution in [3.63, 3.8) is 0 Å². The predicted molar refractivity (Wildman–Crippen MR) is 63.6 cm³/mol. The summed E-state index contributed by atoms with van der Waals surface area (Å²) in [6.45, 7) is 2.28. The third-order valence-electron chi connectivity index (χ3n) is 1.91. The molecule has 0 amide bonds. The molecule has 0 spiro atoms. The molecule has 0 aliphatic heterocycles. The zero-order valence-corrected chi connectivity index (χ0v) is 10.1. The van der Waals surface area contributed by atoms with Crippen molar-refractivity contribution < 1.29 is 8.60 Å². The average molecular weight is 246 g/mol. The second-order valence-corrected chi connectivity index (χ2v) is 4.86. The molecule has 1 atom stereocenters. The summed E-state index contributed by atoms with van der Waals surface area (Å²) in [5.41, 5.74) is 0. The third-order valence-corrected chi connectivity index (χ3v) is 3.22. The molecule has 0 radical (unpaired) electrons. The number of hydrogen-bond donors (Lipinski definition) is 2. The fourth-order valence-corrected chi connectivity index (χ4v) is 1.66. The minimum atomic E-state index is -0.858. The molecule has 0 bridgehead atoms. The Hall–Kier alpha value is -1.24. The highest BCUT2D eigenvalue weighted by molar-refractivity contribution is 7.84. The monoisotopic (exact) mass is 246 g/mol. The highest BCUT2D eigenvalue weighted by Crippen LogP contribution is 2.10. The Morgan fingerprint density at radius 3 is 2.94 bits per heavy atom. The topological polar surface area (TPSA) is 66.9 Å². The Morgan fingerprint density at radius 1 is 1.56 bits per heavy atom. The summed E-state index contributed by atoms with van der Waals surface area (Å²) in [5, 5.41) is 5.51. The highest BCUT2D eigenvalue weighted by atomic mass is 32.2. The van der Waals surface area contributed by atoms with Crippen LogP contribution in [0.25, 0.3) is 0 Å². The van der Waals surface area contributed by atoms with Gasteiger partial charge in [0.2, 0.25) is 5.95 Å². The largest absolute Gasteiger partial charge is 0.367 e. The summed E-state index contributed by atoms with van der Waals surface area (Å²) in [5.74, 6) is 1.05. The molecule has 5 nitrogen and oxygen atoms in total. The number of anilines is 2. The molecule has 1 aromatic heterocycles. The predicted octanol–water partition coefficient (Wildman–Crippen LogP) is 0.838. The summed E-state index contributed by atoms with van der Waals surface area (Å²) in [4.78, 5) is 7.63. The van der Waals surface area contributed by atoms with E-state index in [0.717, 1.165) is 6.20 Å². The van der Waals surface area contributed by atoms with Crippen LogP contribution >= 0.6 is 0 Å². The zero-order chi connectivity index (χ0) is 12.0. The van der Waals surface area contributed by atoms with Crippen molar-refractivity contribution in [3.8, 4) is 0 Å². The number of aromatic nitrogens is 2. The Labute approximate surface area is 96.3 Å². The molecule has 16 heavy (non-hydrogen) atoms. The number of nitrogens with one attached hydrogen (secondary N) is 2. The lowest BCUT2D eigenvalue weighted by Crippen LogP contribution is -2.14. The number of rotatable bonds is 6. The van der Waals surface area contributed by atoms with Crippen molar-refractivity contribution >= 4 is 22.6 Å². The zero-order valence-electron chi connectivity index (χ0n) is 9.29. The second-order valence-electron chi connectivity index (χ2n) is 3.00. The van der Waals surface area contributed by atoms with Gasteiger partial charge in [-0.2, -0.15) is 4.98 Å². The lowest BCUT2D eigenvalue weighted by atomic mass is 10.5. The van der Waals surface area contributed by atoms with Crippen LogP contribution in [0.1, 0.15) is 6.92 Å². The molecule has 7 heteroatoms. The van der Waals surface area contributed by atoms with Gasteiger partial charge in [-0.15, -0.1) is 0 Å². The van der Waals surface area contributed by atoms with E-state index in [1.165, 1.54) is 0 Å².